The Labute approximate surface area is 212 Å². The minimum Gasteiger partial charge on any atom is -0.389 e. The van der Waals surface area contributed by atoms with Crippen LogP contribution in [0.3, 0.4) is 0 Å². The third-order valence-corrected chi connectivity index (χ3v) is 7.38. The molecule has 1 fully saturated rings. The van der Waals surface area contributed by atoms with Gasteiger partial charge in [0.25, 0.3) is 0 Å². The Morgan fingerprint density at radius 2 is 1.19 bits per heavy atom. The van der Waals surface area contributed by atoms with E-state index in [9.17, 15) is 10.2 Å². The molecule has 4 nitrogen and oxygen atoms in total. The van der Waals surface area contributed by atoms with Crippen LogP contribution in [0.4, 0.5) is 0 Å². The molecule has 0 bridgehead atoms. The highest BCUT2D eigenvalue weighted by Gasteiger charge is 2.57. The Bertz CT molecular complexity index is 1130. The van der Waals surface area contributed by atoms with E-state index in [-0.39, 0.29) is 6.42 Å². The topological polar surface area (TPSA) is 58.9 Å². The van der Waals surface area contributed by atoms with Crippen molar-refractivity contribution in [3.63, 3.8) is 0 Å². The Morgan fingerprint density at radius 1 is 0.778 bits per heavy atom. The van der Waals surface area contributed by atoms with Crippen molar-refractivity contribution in [2.45, 2.75) is 42.4 Å². The maximum atomic E-state index is 12.5. The smallest absolute Gasteiger partial charge is 0.160 e. The molecule has 1 heterocycles. The van der Waals surface area contributed by atoms with Crippen LogP contribution in [0.25, 0.3) is 0 Å². The van der Waals surface area contributed by atoms with Gasteiger partial charge in [-0.15, -0.1) is 0 Å². The van der Waals surface area contributed by atoms with E-state index in [1.807, 2.05) is 121 Å². The van der Waals surface area contributed by atoms with Crippen LogP contribution < -0.4 is 0 Å². The molecule has 4 aromatic carbocycles. The predicted molar refractivity (Wildman–Crippen MR) is 141 cm³/mol. The molecule has 0 radical (unpaired) electrons. The standard InChI is InChI=1S/C32H32O4/c1-35-28-23-31(34,22-24-14-6-2-7-15-24)30(36-28)29(33)32(25-16-8-3-9-17-25,26-18-10-4-11-19-26)27-20-12-5-13-21-27/h2-21,28-30,33-34H,22-23H2,1H3/t28-,29?,30+,31-/m0/s1. The van der Waals surface area contributed by atoms with Crippen molar-refractivity contribution in [1.82, 2.24) is 0 Å². The lowest BCUT2D eigenvalue weighted by Crippen LogP contribution is -2.56. The van der Waals surface area contributed by atoms with Crippen LogP contribution in [-0.2, 0) is 21.3 Å². The van der Waals surface area contributed by atoms with Crippen molar-refractivity contribution in [2.24, 2.45) is 0 Å². The molecule has 2 N–H and O–H groups in total. The number of aliphatic hydroxyl groups excluding tert-OH is 1. The van der Waals surface area contributed by atoms with Crippen molar-refractivity contribution < 1.29 is 19.7 Å². The van der Waals surface area contributed by atoms with Crippen LogP contribution in [0.15, 0.2) is 121 Å². The number of hydrogen-bond acceptors (Lipinski definition) is 4. The van der Waals surface area contributed by atoms with Gasteiger partial charge in [0.1, 0.15) is 17.8 Å². The van der Waals surface area contributed by atoms with Gasteiger partial charge in [0, 0.05) is 20.0 Å². The molecule has 1 unspecified atom stereocenters. The highest BCUT2D eigenvalue weighted by Crippen LogP contribution is 2.48. The van der Waals surface area contributed by atoms with Crippen LogP contribution >= 0.6 is 0 Å². The minimum absolute atomic E-state index is 0.259. The van der Waals surface area contributed by atoms with Crippen molar-refractivity contribution in [2.75, 3.05) is 7.11 Å². The summed E-state index contributed by atoms with van der Waals surface area (Å²) in [7, 11) is 1.57. The van der Waals surface area contributed by atoms with Gasteiger partial charge in [-0.1, -0.05) is 121 Å². The van der Waals surface area contributed by atoms with Crippen molar-refractivity contribution in [3.05, 3.63) is 144 Å². The molecule has 4 atom stereocenters. The normalized spacial score (nSPS) is 22.9. The number of rotatable bonds is 8. The van der Waals surface area contributed by atoms with Gasteiger partial charge in [-0.05, 0) is 22.3 Å². The van der Waals surface area contributed by atoms with Crippen molar-refractivity contribution in [1.29, 1.82) is 0 Å². The van der Waals surface area contributed by atoms with E-state index in [2.05, 4.69) is 0 Å². The SMILES string of the molecule is CO[C@@H]1C[C@@](O)(Cc2ccccc2)[C@@H](C(O)C(c2ccccc2)(c2ccccc2)c2ccccc2)O1. The monoisotopic (exact) mass is 480 g/mol. The van der Waals surface area contributed by atoms with Gasteiger partial charge in [0.15, 0.2) is 6.29 Å². The summed E-state index contributed by atoms with van der Waals surface area (Å²) in [5.41, 5.74) is 1.39. The molecule has 0 aliphatic carbocycles. The van der Waals surface area contributed by atoms with Gasteiger partial charge in [-0.3, -0.25) is 0 Å². The summed E-state index contributed by atoms with van der Waals surface area (Å²) in [6.07, 6.45) is -2.07. The molecule has 5 rings (SSSR count). The highest BCUT2D eigenvalue weighted by molar-refractivity contribution is 5.52. The fraction of sp³-hybridized carbons (Fsp3) is 0.250. The molecule has 1 saturated heterocycles. The average molecular weight is 481 g/mol. The molecule has 4 heteroatoms. The minimum atomic E-state index is -1.34. The fourth-order valence-corrected chi connectivity index (χ4v) is 5.71. The summed E-state index contributed by atoms with van der Waals surface area (Å²) < 4.78 is 11.9. The van der Waals surface area contributed by atoms with E-state index in [1.54, 1.807) is 7.11 Å². The Morgan fingerprint density at radius 3 is 1.61 bits per heavy atom. The zero-order chi connectivity index (χ0) is 25.0. The number of methoxy groups -OCH3 is 1. The summed E-state index contributed by atoms with van der Waals surface area (Å²) in [6, 6.07) is 39.8. The van der Waals surface area contributed by atoms with Gasteiger partial charge in [0.2, 0.25) is 0 Å². The third kappa shape index (κ3) is 4.38. The van der Waals surface area contributed by atoms with E-state index < -0.39 is 29.5 Å². The van der Waals surface area contributed by atoms with Gasteiger partial charge in [0.05, 0.1) is 5.41 Å². The van der Waals surface area contributed by atoms with Crippen LogP contribution in [-0.4, -0.2) is 41.4 Å². The van der Waals surface area contributed by atoms with Gasteiger partial charge >= 0.3 is 0 Å². The van der Waals surface area contributed by atoms with E-state index in [0.717, 1.165) is 22.3 Å². The molecule has 0 aromatic heterocycles. The van der Waals surface area contributed by atoms with Crippen LogP contribution in [0.5, 0.6) is 0 Å². The number of aliphatic hydroxyl groups is 2. The Kier molecular flexibility index (Phi) is 7.04. The lowest BCUT2D eigenvalue weighted by molar-refractivity contribution is -0.164. The number of hydrogen-bond donors (Lipinski definition) is 2. The van der Waals surface area contributed by atoms with E-state index >= 15 is 0 Å². The van der Waals surface area contributed by atoms with Crippen LogP contribution in [0.2, 0.25) is 0 Å². The third-order valence-electron chi connectivity index (χ3n) is 7.38. The molecule has 1 aliphatic heterocycles. The first kappa shape index (κ1) is 24.4. The molecular formula is C32H32O4. The second-order valence-corrected chi connectivity index (χ2v) is 9.54. The van der Waals surface area contributed by atoms with Crippen molar-refractivity contribution in [3.8, 4) is 0 Å². The maximum Gasteiger partial charge on any atom is 0.160 e. The molecular weight excluding hydrogens is 448 g/mol. The quantitative estimate of drug-likeness (QED) is 0.344. The van der Waals surface area contributed by atoms with Crippen LogP contribution in [0, 0.1) is 0 Å². The van der Waals surface area contributed by atoms with Crippen LogP contribution in [0.1, 0.15) is 28.7 Å². The van der Waals surface area contributed by atoms with E-state index in [1.165, 1.54) is 0 Å². The van der Waals surface area contributed by atoms with E-state index in [0.29, 0.717) is 6.42 Å². The fourth-order valence-electron chi connectivity index (χ4n) is 5.71. The summed E-state index contributed by atoms with van der Waals surface area (Å²) in [6.45, 7) is 0. The lowest BCUT2D eigenvalue weighted by Gasteiger charge is -2.45. The zero-order valence-electron chi connectivity index (χ0n) is 20.4. The van der Waals surface area contributed by atoms with Gasteiger partial charge < -0.3 is 19.7 Å². The second-order valence-electron chi connectivity index (χ2n) is 9.54. The molecule has 4 aromatic rings. The average Bonchev–Trinajstić information content (AvgIpc) is 3.27. The first-order chi connectivity index (χ1) is 17.6. The molecule has 36 heavy (non-hydrogen) atoms. The Hall–Kier alpha value is -3.28. The second kappa shape index (κ2) is 10.4. The first-order valence-electron chi connectivity index (χ1n) is 12.4. The number of ether oxygens (including phenoxy) is 2. The highest BCUT2D eigenvalue weighted by atomic mass is 16.7. The summed E-state index contributed by atoms with van der Waals surface area (Å²) >= 11 is 0. The zero-order valence-corrected chi connectivity index (χ0v) is 20.4. The van der Waals surface area contributed by atoms with Gasteiger partial charge in [-0.25, -0.2) is 0 Å². The summed E-state index contributed by atoms with van der Waals surface area (Å²) in [4.78, 5) is 0. The first-order valence-corrected chi connectivity index (χ1v) is 12.4. The van der Waals surface area contributed by atoms with Gasteiger partial charge in [-0.2, -0.15) is 0 Å². The molecule has 0 amide bonds. The molecule has 0 spiro atoms. The molecule has 184 valence electrons. The summed E-state index contributed by atoms with van der Waals surface area (Å²) in [5.74, 6) is 0. The molecule has 1 aliphatic rings. The predicted octanol–water partition coefficient (Wildman–Crippen LogP) is 5.12. The maximum absolute atomic E-state index is 12.5. The molecule has 0 saturated carbocycles. The lowest BCUT2D eigenvalue weighted by atomic mass is 9.62. The summed E-state index contributed by atoms with van der Waals surface area (Å²) in [5, 5.41) is 24.6. The number of benzene rings is 4. The van der Waals surface area contributed by atoms with E-state index in [4.69, 9.17) is 9.47 Å². The Balaban J connectivity index is 1.71. The largest absolute Gasteiger partial charge is 0.389 e. The van der Waals surface area contributed by atoms with Crippen molar-refractivity contribution >= 4 is 0 Å².